The molecule has 5 nitrogen and oxygen atoms in total. The van der Waals surface area contributed by atoms with Gasteiger partial charge in [-0.3, -0.25) is 5.10 Å². The Labute approximate surface area is 114 Å². The van der Waals surface area contributed by atoms with Crippen molar-refractivity contribution in [2.75, 3.05) is 0 Å². The molecule has 1 aliphatic rings. The van der Waals surface area contributed by atoms with Crippen molar-refractivity contribution in [3.8, 4) is 0 Å². The molecule has 1 atom stereocenters. The molecule has 1 aliphatic carbocycles. The Morgan fingerprint density at radius 2 is 2.11 bits per heavy atom. The lowest BCUT2D eigenvalue weighted by Gasteiger charge is -2.09. The lowest BCUT2D eigenvalue weighted by atomic mass is 9.97. The quantitative estimate of drug-likeness (QED) is 0.249. The number of nitrogens with one attached hydrogen (secondary N) is 1. The normalized spacial score (nSPS) is 18.6. The van der Waals surface area contributed by atoms with E-state index in [-0.39, 0.29) is 0 Å². The molecule has 0 radical (unpaired) electrons. The van der Waals surface area contributed by atoms with Gasteiger partial charge in [0.05, 0.1) is 0 Å². The molecular formula is C14H23N5. The van der Waals surface area contributed by atoms with Crippen LogP contribution in [0, 0.1) is 5.92 Å². The predicted molar refractivity (Wildman–Crippen MR) is 79.7 cm³/mol. The minimum Gasteiger partial charge on any atom is -0.380 e. The first kappa shape index (κ1) is 15.0. The van der Waals surface area contributed by atoms with Crippen molar-refractivity contribution in [2.24, 2.45) is 22.6 Å². The molecule has 5 N–H and O–H groups in total. The third kappa shape index (κ3) is 3.24. The van der Waals surface area contributed by atoms with Gasteiger partial charge in [-0.1, -0.05) is 17.7 Å². The number of rotatable bonds is 2. The van der Waals surface area contributed by atoms with Crippen LogP contribution in [-0.4, -0.2) is 16.0 Å². The van der Waals surface area contributed by atoms with Gasteiger partial charge in [-0.2, -0.15) is 10.2 Å². The summed E-state index contributed by atoms with van der Waals surface area (Å²) in [6.45, 7) is 9.47. The standard InChI is InChI=1S/C11H17N5.C3H6/c1-3-6(2)7-4-8-9(5-7)15-16-10(8)11(12)14-13;1-3-2/h3,7H,4-5,13H2,1-2H3,(H2,12,14)(H,15,16);3H,1H2,2H3/b6-3+;. The highest BCUT2D eigenvalue weighted by Gasteiger charge is 2.28. The molecule has 2 rings (SSSR count). The first-order chi connectivity index (χ1) is 9.08. The highest BCUT2D eigenvalue weighted by Crippen LogP contribution is 2.31. The van der Waals surface area contributed by atoms with E-state index in [1.54, 1.807) is 6.08 Å². The minimum absolute atomic E-state index is 0.302. The third-order valence-electron chi connectivity index (χ3n) is 3.33. The van der Waals surface area contributed by atoms with E-state index in [1.165, 1.54) is 5.57 Å². The van der Waals surface area contributed by atoms with Crippen molar-refractivity contribution < 1.29 is 0 Å². The smallest absolute Gasteiger partial charge is 0.171 e. The van der Waals surface area contributed by atoms with Gasteiger partial charge in [0.25, 0.3) is 0 Å². The van der Waals surface area contributed by atoms with Crippen LogP contribution in [-0.2, 0) is 12.8 Å². The maximum atomic E-state index is 5.69. The maximum Gasteiger partial charge on any atom is 0.171 e. The first-order valence-corrected chi connectivity index (χ1v) is 6.38. The predicted octanol–water partition coefficient (Wildman–Crippen LogP) is 1.86. The van der Waals surface area contributed by atoms with Crippen molar-refractivity contribution in [3.63, 3.8) is 0 Å². The largest absolute Gasteiger partial charge is 0.380 e. The molecule has 0 aliphatic heterocycles. The molecule has 0 fully saturated rings. The average molecular weight is 261 g/mol. The van der Waals surface area contributed by atoms with Gasteiger partial charge in [0, 0.05) is 11.3 Å². The van der Waals surface area contributed by atoms with Gasteiger partial charge in [-0.15, -0.1) is 6.58 Å². The van der Waals surface area contributed by atoms with Gasteiger partial charge < -0.3 is 11.6 Å². The van der Waals surface area contributed by atoms with E-state index in [0.717, 1.165) is 24.1 Å². The van der Waals surface area contributed by atoms with Gasteiger partial charge in [0.1, 0.15) is 5.69 Å². The average Bonchev–Trinajstić information content (AvgIpc) is 2.97. The van der Waals surface area contributed by atoms with E-state index in [0.29, 0.717) is 17.4 Å². The monoisotopic (exact) mass is 261 g/mol. The van der Waals surface area contributed by atoms with Crippen molar-refractivity contribution >= 4 is 5.84 Å². The Balaban J connectivity index is 0.000000550. The van der Waals surface area contributed by atoms with E-state index in [4.69, 9.17) is 11.6 Å². The fourth-order valence-corrected chi connectivity index (χ4v) is 2.19. The summed E-state index contributed by atoms with van der Waals surface area (Å²) in [6.07, 6.45) is 5.87. The topological polar surface area (TPSA) is 93.1 Å². The van der Waals surface area contributed by atoms with Crippen molar-refractivity contribution in [1.29, 1.82) is 0 Å². The van der Waals surface area contributed by atoms with Crippen molar-refractivity contribution in [2.45, 2.75) is 33.6 Å². The van der Waals surface area contributed by atoms with Gasteiger partial charge >= 0.3 is 0 Å². The molecule has 0 bridgehead atoms. The van der Waals surface area contributed by atoms with E-state index < -0.39 is 0 Å². The molecule has 1 aromatic heterocycles. The Morgan fingerprint density at radius 3 is 2.63 bits per heavy atom. The fourth-order valence-electron chi connectivity index (χ4n) is 2.19. The number of aromatic amines is 1. The summed E-state index contributed by atoms with van der Waals surface area (Å²) in [4.78, 5) is 0. The zero-order valence-electron chi connectivity index (χ0n) is 11.9. The van der Waals surface area contributed by atoms with Gasteiger partial charge in [0.15, 0.2) is 5.84 Å². The molecule has 0 saturated carbocycles. The molecule has 19 heavy (non-hydrogen) atoms. The van der Waals surface area contributed by atoms with Crippen LogP contribution in [0.1, 0.15) is 37.7 Å². The van der Waals surface area contributed by atoms with E-state index in [9.17, 15) is 0 Å². The van der Waals surface area contributed by atoms with Gasteiger partial charge in [0.2, 0.25) is 0 Å². The van der Waals surface area contributed by atoms with Crippen LogP contribution >= 0.6 is 0 Å². The molecule has 0 saturated heterocycles. The zero-order chi connectivity index (χ0) is 14.4. The van der Waals surface area contributed by atoms with Crippen LogP contribution in [0.2, 0.25) is 0 Å². The number of hydrazone groups is 1. The summed E-state index contributed by atoms with van der Waals surface area (Å²) in [5, 5.41) is 10.7. The number of nitrogens with zero attached hydrogens (tertiary/aromatic N) is 2. The number of fused-ring (bicyclic) bond motifs is 1. The molecule has 1 heterocycles. The first-order valence-electron chi connectivity index (χ1n) is 6.38. The second-order valence-electron chi connectivity index (χ2n) is 4.59. The number of hydrogen-bond donors (Lipinski definition) is 3. The Hall–Kier alpha value is -2.04. The summed E-state index contributed by atoms with van der Waals surface area (Å²) in [5.74, 6) is 6.03. The molecule has 0 aromatic carbocycles. The summed E-state index contributed by atoms with van der Waals surface area (Å²) < 4.78 is 0. The van der Waals surface area contributed by atoms with Crippen LogP contribution in [0.25, 0.3) is 0 Å². The Morgan fingerprint density at radius 1 is 1.47 bits per heavy atom. The Bertz CT molecular complexity index is 496. The molecule has 1 unspecified atom stereocenters. The number of nitrogens with two attached hydrogens (primary N) is 2. The summed E-state index contributed by atoms with van der Waals surface area (Å²) in [6, 6.07) is 0. The summed E-state index contributed by atoms with van der Waals surface area (Å²) >= 11 is 0. The summed E-state index contributed by atoms with van der Waals surface area (Å²) in [5.41, 5.74) is 10.1. The second-order valence-corrected chi connectivity index (χ2v) is 4.59. The molecule has 0 amide bonds. The Kier molecular flexibility index (Phi) is 5.36. The van der Waals surface area contributed by atoms with Gasteiger partial charge in [-0.25, -0.2) is 0 Å². The lowest BCUT2D eigenvalue weighted by Crippen LogP contribution is -2.18. The second kappa shape index (κ2) is 6.78. The number of aromatic nitrogens is 2. The van der Waals surface area contributed by atoms with Crippen LogP contribution in [0.5, 0.6) is 0 Å². The fraction of sp³-hybridized carbons (Fsp3) is 0.429. The van der Waals surface area contributed by atoms with E-state index in [2.05, 4.69) is 41.8 Å². The highest BCUT2D eigenvalue weighted by molar-refractivity contribution is 5.97. The number of H-pyrrole nitrogens is 1. The summed E-state index contributed by atoms with van der Waals surface area (Å²) in [7, 11) is 0. The SMILES string of the molecule is C/C=C(\C)C1Cc2[nH]nc(/C(N)=N/N)c2C1.C=CC. The van der Waals surface area contributed by atoms with Crippen molar-refractivity contribution in [1.82, 2.24) is 10.2 Å². The number of allylic oxidation sites excluding steroid dienone is 3. The lowest BCUT2D eigenvalue weighted by molar-refractivity contribution is 0.644. The maximum absolute atomic E-state index is 5.69. The van der Waals surface area contributed by atoms with E-state index in [1.807, 2.05) is 6.92 Å². The van der Waals surface area contributed by atoms with E-state index >= 15 is 0 Å². The third-order valence-corrected chi connectivity index (χ3v) is 3.33. The van der Waals surface area contributed by atoms with Crippen LogP contribution < -0.4 is 11.6 Å². The minimum atomic E-state index is 0.302. The van der Waals surface area contributed by atoms with Crippen molar-refractivity contribution in [3.05, 3.63) is 41.3 Å². The molecule has 104 valence electrons. The zero-order valence-corrected chi connectivity index (χ0v) is 11.9. The number of amidine groups is 1. The van der Waals surface area contributed by atoms with Crippen LogP contribution in [0.15, 0.2) is 29.4 Å². The van der Waals surface area contributed by atoms with Gasteiger partial charge in [-0.05, 0) is 39.5 Å². The molecule has 5 heteroatoms. The number of hydrogen-bond acceptors (Lipinski definition) is 3. The highest BCUT2D eigenvalue weighted by atomic mass is 15.2. The molecular weight excluding hydrogens is 238 g/mol. The van der Waals surface area contributed by atoms with Crippen LogP contribution in [0.3, 0.4) is 0 Å². The molecule has 1 aromatic rings. The van der Waals surface area contributed by atoms with Crippen LogP contribution in [0.4, 0.5) is 0 Å². The molecule has 0 spiro atoms.